The topological polar surface area (TPSA) is 63.6 Å². The first kappa shape index (κ1) is 15.3. The lowest BCUT2D eigenvalue weighted by atomic mass is 10.2. The molecule has 1 aromatic rings. The molecular formula is C12H17ClO4S. The lowest BCUT2D eigenvalue weighted by molar-refractivity contribution is 0.249. The molecule has 1 atom stereocenters. The highest BCUT2D eigenvalue weighted by atomic mass is 35.5. The fourth-order valence-corrected chi connectivity index (χ4v) is 3.63. The van der Waals surface area contributed by atoms with Gasteiger partial charge in [0.15, 0.2) is 9.84 Å². The number of aliphatic hydroxyl groups is 1. The van der Waals surface area contributed by atoms with Crippen LogP contribution in [0, 0.1) is 5.92 Å². The SMILES string of the molecule is COc1ccc(Cl)cc1CS(=O)(=O)CC(C)CO. The van der Waals surface area contributed by atoms with Crippen molar-refractivity contribution in [2.24, 2.45) is 5.92 Å². The zero-order valence-corrected chi connectivity index (χ0v) is 12.0. The third-order valence-electron chi connectivity index (χ3n) is 2.47. The van der Waals surface area contributed by atoms with E-state index in [1.165, 1.54) is 7.11 Å². The van der Waals surface area contributed by atoms with E-state index >= 15 is 0 Å². The molecule has 0 aliphatic rings. The van der Waals surface area contributed by atoms with Crippen LogP contribution in [0.15, 0.2) is 18.2 Å². The first-order valence-electron chi connectivity index (χ1n) is 5.51. The van der Waals surface area contributed by atoms with Gasteiger partial charge in [-0.25, -0.2) is 8.42 Å². The van der Waals surface area contributed by atoms with Crippen molar-refractivity contribution in [3.05, 3.63) is 28.8 Å². The summed E-state index contributed by atoms with van der Waals surface area (Å²) in [5.41, 5.74) is 0.537. The van der Waals surface area contributed by atoms with Crippen LogP contribution in [0.3, 0.4) is 0 Å². The number of aliphatic hydroxyl groups excluding tert-OH is 1. The van der Waals surface area contributed by atoms with Gasteiger partial charge in [-0.3, -0.25) is 0 Å². The van der Waals surface area contributed by atoms with Crippen molar-refractivity contribution in [2.45, 2.75) is 12.7 Å². The van der Waals surface area contributed by atoms with E-state index in [9.17, 15) is 8.42 Å². The second-order valence-electron chi connectivity index (χ2n) is 4.30. The number of rotatable bonds is 6. The Morgan fingerprint density at radius 1 is 1.44 bits per heavy atom. The summed E-state index contributed by atoms with van der Waals surface area (Å²) in [6.45, 7) is 1.54. The summed E-state index contributed by atoms with van der Waals surface area (Å²) in [6, 6.07) is 4.87. The summed E-state index contributed by atoms with van der Waals surface area (Å²) in [6.07, 6.45) is 0. The van der Waals surface area contributed by atoms with Gasteiger partial charge >= 0.3 is 0 Å². The van der Waals surface area contributed by atoms with Gasteiger partial charge in [0, 0.05) is 17.2 Å². The van der Waals surface area contributed by atoms with E-state index in [-0.39, 0.29) is 24.0 Å². The Balaban J connectivity index is 2.93. The van der Waals surface area contributed by atoms with E-state index in [0.29, 0.717) is 16.3 Å². The molecule has 0 amide bonds. The summed E-state index contributed by atoms with van der Waals surface area (Å²) < 4.78 is 29.0. The highest BCUT2D eigenvalue weighted by Crippen LogP contribution is 2.25. The summed E-state index contributed by atoms with van der Waals surface area (Å²) >= 11 is 5.85. The van der Waals surface area contributed by atoms with Crippen LogP contribution >= 0.6 is 11.6 Å². The highest BCUT2D eigenvalue weighted by Gasteiger charge is 2.18. The van der Waals surface area contributed by atoms with Gasteiger partial charge in [-0.05, 0) is 24.1 Å². The highest BCUT2D eigenvalue weighted by molar-refractivity contribution is 7.90. The van der Waals surface area contributed by atoms with Gasteiger partial charge in [0.1, 0.15) is 5.75 Å². The van der Waals surface area contributed by atoms with Crippen LogP contribution in [0.5, 0.6) is 5.75 Å². The third-order valence-corrected chi connectivity index (χ3v) is 4.53. The molecular weight excluding hydrogens is 276 g/mol. The quantitative estimate of drug-likeness (QED) is 0.870. The number of halogens is 1. The van der Waals surface area contributed by atoms with Gasteiger partial charge < -0.3 is 9.84 Å². The Morgan fingerprint density at radius 2 is 2.11 bits per heavy atom. The smallest absolute Gasteiger partial charge is 0.154 e. The van der Waals surface area contributed by atoms with Crippen molar-refractivity contribution >= 4 is 21.4 Å². The van der Waals surface area contributed by atoms with Crippen LogP contribution < -0.4 is 4.74 Å². The van der Waals surface area contributed by atoms with Crippen LogP contribution in [0.1, 0.15) is 12.5 Å². The van der Waals surface area contributed by atoms with E-state index in [2.05, 4.69) is 0 Å². The van der Waals surface area contributed by atoms with Crippen molar-refractivity contribution < 1.29 is 18.3 Å². The number of hydrogen-bond acceptors (Lipinski definition) is 4. The third kappa shape index (κ3) is 4.48. The van der Waals surface area contributed by atoms with Gasteiger partial charge in [-0.15, -0.1) is 0 Å². The number of methoxy groups -OCH3 is 1. The summed E-state index contributed by atoms with van der Waals surface area (Å²) in [5.74, 6) is 0.0278. The first-order valence-corrected chi connectivity index (χ1v) is 7.71. The molecule has 0 saturated heterocycles. The fourth-order valence-electron chi connectivity index (χ4n) is 1.64. The van der Waals surface area contributed by atoms with E-state index < -0.39 is 9.84 Å². The fraction of sp³-hybridized carbons (Fsp3) is 0.500. The van der Waals surface area contributed by atoms with Gasteiger partial charge in [0.2, 0.25) is 0 Å². The van der Waals surface area contributed by atoms with Crippen LogP contribution in [-0.4, -0.2) is 33.0 Å². The van der Waals surface area contributed by atoms with E-state index in [4.69, 9.17) is 21.4 Å². The van der Waals surface area contributed by atoms with Crippen molar-refractivity contribution in [2.75, 3.05) is 19.5 Å². The molecule has 0 radical (unpaired) electrons. The van der Waals surface area contributed by atoms with Crippen molar-refractivity contribution in [1.82, 2.24) is 0 Å². The van der Waals surface area contributed by atoms with Crippen molar-refractivity contribution in [1.29, 1.82) is 0 Å². The maximum absolute atomic E-state index is 11.9. The van der Waals surface area contributed by atoms with Crippen molar-refractivity contribution in [3.63, 3.8) is 0 Å². The van der Waals surface area contributed by atoms with Crippen LogP contribution in [0.2, 0.25) is 5.02 Å². The van der Waals surface area contributed by atoms with Crippen molar-refractivity contribution in [3.8, 4) is 5.75 Å². The summed E-state index contributed by atoms with van der Waals surface area (Å²) in [7, 11) is -1.81. The molecule has 0 heterocycles. The maximum Gasteiger partial charge on any atom is 0.154 e. The van der Waals surface area contributed by atoms with Gasteiger partial charge in [0.25, 0.3) is 0 Å². The average molecular weight is 293 g/mol. The lowest BCUT2D eigenvalue weighted by Crippen LogP contribution is -2.18. The molecule has 0 aliphatic carbocycles. The second kappa shape index (κ2) is 6.41. The minimum atomic E-state index is -3.29. The number of sulfone groups is 1. The molecule has 0 aliphatic heterocycles. The Hall–Kier alpha value is -0.780. The Bertz CT molecular complexity index is 499. The summed E-state index contributed by atoms with van der Waals surface area (Å²) in [5, 5.41) is 9.37. The summed E-state index contributed by atoms with van der Waals surface area (Å²) in [4.78, 5) is 0. The first-order chi connectivity index (χ1) is 8.38. The largest absolute Gasteiger partial charge is 0.496 e. The van der Waals surface area contributed by atoms with Gasteiger partial charge in [0.05, 0.1) is 18.6 Å². The molecule has 102 valence electrons. The predicted octanol–water partition coefficient (Wildman–Crippen LogP) is 1.89. The average Bonchev–Trinajstić information content (AvgIpc) is 2.28. The van der Waals surface area contributed by atoms with Crippen LogP contribution in [0.25, 0.3) is 0 Å². The normalized spacial score (nSPS) is 13.3. The number of ether oxygens (including phenoxy) is 1. The zero-order chi connectivity index (χ0) is 13.8. The van der Waals surface area contributed by atoms with E-state index in [0.717, 1.165) is 0 Å². The molecule has 0 aromatic heterocycles. The van der Waals surface area contributed by atoms with Crippen LogP contribution in [-0.2, 0) is 15.6 Å². The molecule has 6 heteroatoms. The Labute approximate surface area is 112 Å². The van der Waals surface area contributed by atoms with Gasteiger partial charge in [-0.2, -0.15) is 0 Å². The van der Waals surface area contributed by atoms with E-state index in [1.54, 1.807) is 25.1 Å². The zero-order valence-electron chi connectivity index (χ0n) is 10.4. The minimum absolute atomic E-state index is 0.0564. The standard InChI is InChI=1S/C12H17ClO4S/c1-9(6-14)7-18(15,16)8-10-5-11(13)3-4-12(10)17-2/h3-5,9,14H,6-8H2,1-2H3. The molecule has 1 rings (SSSR count). The molecule has 1 unspecified atom stereocenters. The molecule has 0 saturated carbocycles. The lowest BCUT2D eigenvalue weighted by Gasteiger charge is -2.12. The molecule has 0 bridgehead atoms. The second-order valence-corrected chi connectivity index (χ2v) is 6.84. The molecule has 4 nitrogen and oxygen atoms in total. The number of hydrogen-bond donors (Lipinski definition) is 1. The molecule has 0 spiro atoms. The Morgan fingerprint density at radius 3 is 2.67 bits per heavy atom. The molecule has 1 aromatic carbocycles. The number of benzene rings is 1. The Kier molecular flexibility index (Phi) is 5.44. The predicted molar refractivity (Wildman–Crippen MR) is 71.7 cm³/mol. The molecule has 18 heavy (non-hydrogen) atoms. The maximum atomic E-state index is 11.9. The van der Waals surface area contributed by atoms with Crippen LogP contribution in [0.4, 0.5) is 0 Å². The van der Waals surface area contributed by atoms with E-state index in [1.807, 2.05) is 0 Å². The molecule has 0 fully saturated rings. The monoisotopic (exact) mass is 292 g/mol. The van der Waals surface area contributed by atoms with Gasteiger partial charge in [-0.1, -0.05) is 18.5 Å². The molecule has 1 N–H and O–H groups in total. The minimum Gasteiger partial charge on any atom is -0.496 e.